The topological polar surface area (TPSA) is 81.9 Å². The van der Waals surface area contributed by atoms with E-state index in [0.717, 1.165) is 4.88 Å². The van der Waals surface area contributed by atoms with Crippen LogP contribution in [0.25, 0.3) is 0 Å². The predicted molar refractivity (Wildman–Crippen MR) is 55.2 cm³/mol. The summed E-state index contributed by atoms with van der Waals surface area (Å²) in [5.74, 6) is 0.0996. The van der Waals surface area contributed by atoms with Gasteiger partial charge in [0, 0.05) is 6.20 Å². The molecule has 3 heterocycles. The molecule has 0 saturated heterocycles. The lowest BCUT2D eigenvalue weighted by molar-refractivity contribution is 0.0586. The summed E-state index contributed by atoms with van der Waals surface area (Å²) in [5.41, 5.74) is 1.74. The van der Waals surface area contributed by atoms with Crippen LogP contribution in [0.15, 0.2) is 11.7 Å². The molecule has 1 unspecified atom stereocenters. The molecule has 0 bridgehead atoms. The molecule has 0 fully saturated rings. The van der Waals surface area contributed by atoms with Crippen LogP contribution in [0.2, 0.25) is 0 Å². The van der Waals surface area contributed by atoms with Crippen LogP contribution in [0.4, 0.5) is 5.95 Å². The fourth-order valence-electron chi connectivity index (χ4n) is 1.45. The minimum Gasteiger partial charge on any atom is -0.463 e. The number of esters is 1. The Kier molecular flexibility index (Phi) is 1.90. The van der Waals surface area contributed by atoms with Crippen molar-refractivity contribution in [2.45, 2.75) is 6.17 Å². The van der Waals surface area contributed by atoms with Crippen LogP contribution in [0.1, 0.15) is 21.7 Å². The monoisotopic (exact) mass is 237 g/mol. The highest BCUT2D eigenvalue weighted by Gasteiger charge is 2.32. The van der Waals surface area contributed by atoms with Crippen molar-refractivity contribution in [1.29, 1.82) is 0 Å². The fourth-order valence-corrected chi connectivity index (χ4v) is 2.10. The van der Waals surface area contributed by atoms with E-state index in [1.54, 1.807) is 16.4 Å². The van der Waals surface area contributed by atoms with Crippen molar-refractivity contribution in [2.75, 3.05) is 12.4 Å². The Hall–Kier alpha value is -1.96. The van der Waals surface area contributed by atoms with E-state index in [0.29, 0.717) is 5.95 Å². The number of nitrogens with one attached hydrogen (secondary N) is 1. The third-order valence-electron chi connectivity index (χ3n) is 2.23. The van der Waals surface area contributed by atoms with E-state index in [-0.39, 0.29) is 12.0 Å². The number of fused-ring (bicyclic) bond motifs is 1. The van der Waals surface area contributed by atoms with Crippen molar-refractivity contribution in [2.24, 2.45) is 0 Å². The summed E-state index contributed by atoms with van der Waals surface area (Å²) in [5, 5.41) is 7.13. The molecular weight excluding hydrogens is 230 g/mol. The second-order valence-electron chi connectivity index (χ2n) is 3.15. The number of aromatic nitrogens is 4. The van der Waals surface area contributed by atoms with Crippen LogP contribution in [0, 0.1) is 0 Å². The minimum absolute atomic E-state index is 0.0667. The average molecular weight is 237 g/mol. The Balaban J connectivity index is 1.91. The van der Waals surface area contributed by atoms with Crippen LogP contribution < -0.4 is 5.32 Å². The molecule has 82 valence electrons. The highest BCUT2D eigenvalue weighted by atomic mass is 32.1. The molecule has 0 aliphatic carbocycles. The minimum atomic E-state index is -0.535. The zero-order valence-corrected chi connectivity index (χ0v) is 9.06. The first-order chi connectivity index (χ1) is 7.79. The maximum Gasteiger partial charge on any atom is 0.378 e. The van der Waals surface area contributed by atoms with Gasteiger partial charge in [-0.3, -0.25) is 4.98 Å². The maximum atomic E-state index is 11.2. The number of methoxy groups -OCH3 is 1. The summed E-state index contributed by atoms with van der Waals surface area (Å²) in [6.07, 6.45) is 1.68. The third-order valence-corrected chi connectivity index (χ3v) is 3.06. The number of rotatable bonds is 2. The van der Waals surface area contributed by atoms with E-state index in [1.165, 1.54) is 18.4 Å². The van der Waals surface area contributed by atoms with Gasteiger partial charge in [-0.1, -0.05) is 0 Å². The molecule has 8 heteroatoms. The highest BCUT2D eigenvalue weighted by Crippen LogP contribution is 2.32. The van der Waals surface area contributed by atoms with Gasteiger partial charge in [0.1, 0.15) is 0 Å². The molecule has 1 aliphatic heterocycles. The molecule has 2 aromatic heterocycles. The SMILES string of the molecule is COC(=O)c1nc2n(n1)C(c1cncs1)N2. The van der Waals surface area contributed by atoms with E-state index < -0.39 is 5.97 Å². The number of carbonyl (C=O) groups is 1. The Morgan fingerprint density at radius 1 is 1.69 bits per heavy atom. The summed E-state index contributed by atoms with van der Waals surface area (Å²) in [6, 6.07) is 0. The van der Waals surface area contributed by atoms with Gasteiger partial charge >= 0.3 is 5.97 Å². The number of thiazole rings is 1. The first kappa shape index (κ1) is 9.28. The molecule has 7 nitrogen and oxygen atoms in total. The van der Waals surface area contributed by atoms with Crippen molar-refractivity contribution >= 4 is 23.3 Å². The van der Waals surface area contributed by atoms with Crippen molar-refractivity contribution in [3.63, 3.8) is 0 Å². The number of ether oxygens (including phenoxy) is 1. The summed E-state index contributed by atoms with van der Waals surface area (Å²) in [4.78, 5) is 20.2. The normalized spacial score (nSPS) is 17.2. The lowest BCUT2D eigenvalue weighted by Gasteiger charge is -2.27. The molecule has 0 saturated carbocycles. The quantitative estimate of drug-likeness (QED) is 0.766. The van der Waals surface area contributed by atoms with Crippen LogP contribution in [-0.2, 0) is 4.74 Å². The molecule has 1 atom stereocenters. The van der Waals surface area contributed by atoms with E-state index >= 15 is 0 Å². The number of hydrogen-bond donors (Lipinski definition) is 1. The van der Waals surface area contributed by atoms with Gasteiger partial charge in [-0.2, -0.15) is 4.98 Å². The third kappa shape index (κ3) is 1.20. The number of carbonyl (C=O) groups excluding carboxylic acids is 1. The molecule has 3 rings (SSSR count). The van der Waals surface area contributed by atoms with Crippen LogP contribution >= 0.6 is 11.3 Å². The average Bonchev–Trinajstić information content (AvgIpc) is 2.88. The smallest absolute Gasteiger partial charge is 0.378 e. The largest absolute Gasteiger partial charge is 0.463 e. The molecule has 1 N–H and O–H groups in total. The van der Waals surface area contributed by atoms with Crippen molar-refractivity contribution in [3.8, 4) is 0 Å². The van der Waals surface area contributed by atoms with Crippen molar-refractivity contribution < 1.29 is 9.53 Å². The molecule has 0 radical (unpaired) electrons. The van der Waals surface area contributed by atoms with Crippen molar-refractivity contribution in [3.05, 3.63) is 22.4 Å². The van der Waals surface area contributed by atoms with Crippen LogP contribution in [0.3, 0.4) is 0 Å². The number of hydrogen-bond acceptors (Lipinski definition) is 7. The summed E-state index contributed by atoms with van der Waals surface area (Å²) < 4.78 is 6.18. The molecule has 1 aliphatic rings. The summed E-state index contributed by atoms with van der Waals surface area (Å²) in [6.45, 7) is 0. The van der Waals surface area contributed by atoms with E-state index in [9.17, 15) is 4.79 Å². The number of nitrogens with zero attached hydrogens (tertiary/aromatic N) is 4. The Morgan fingerprint density at radius 2 is 2.56 bits per heavy atom. The van der Waals surface area contributed by atoms with Gasteiger partial charge in [0.25, 0.3) is 5.82 Å². The Morgan fingerprint density at radius 3 is 3.25 bits per heavy atom. The molecule has 0 amide bonds. The first-order valence-electron chi connectivity index (χ1n) is 4.49. The predicted octanol–water partition coefficient (Wildman–Crippen LogP) is 0.494. The highest BCUT2D eigenvalue weighted by molar-refractivity contribution is 7.09. The van der Waals surface area contributed by atoms with E-state index in [1.807, 2.05) is 0 Å². The van der Waals surface area contributed by atoms with Crippen molar-refractivity contribution in [1.82, 2.24) is 19.7 Å². The van der Waals surface area contributed by atoms with Gasteiger partial charge in [0.05, 0.1) is 17.5 Å². The van der Waals surface area contributed by atoms with Crippen LogP contribution in [-0.4, -0.2) is 32.8 Å². The second-order valence-corrected chi connectivity index (χ2v) is 4.06. The Bertz CT molecular complexity index is 535. The van der Waals surface area contributed by atoms with Gasteiger partial charge in [-0.25, -0.2) is 9.48 Å². The van der Waals surface area contributed by atoms with Crippen LogP contribution in [0.5, 0.6) is 0 Å². The van der Waals surface area contributed by atoms with Gasteiger partial charge in [-0.15, -0.1) is 16.4 Å². The maximum absolute atomic E-state index is 11.2. The lowest BCUT2D eigenvalue weighted by Crippen LogP contribution is -2.31. The molecular formula is C8H7N5O2S. The standard InChI is InChI=1S/C8H7N5O2S/c1-15-7(14)5-10-8-11-6(13(8)12-5)4-2-9-3-16-4/h2-3,6H,1H3,(H,10,11,12). The summed E-state index contributed by atoms with van der Waals surface area (Å²) in [7, 11) is 1.30. The van der Waals surface area contributed by atoms with Gasteiger partial charge in [-0.05, 0) is 0 Å². The second kappa shape index (κ2) is 3.27. The lowest BCUT2D eigenvalue weighted by atomic mass is 10.3. The van der Waals surface area contributed by atoms with E-state index in [2.05, 4.69) is 25.1 Å². The fraction of sp³-hybridized carbons (Fsp3) is 0.250. The van der Waals surface area contributed by atoms with E-state index in [4.69, 9.17) is 0 Å². The molecule has 16 heavy (non-hydrogen) atoms. The Labute approximate surface area is 94.1 Å². The molecule has 0 aromatic carbocycles. The molecule has 2 aromatic rings. The van der Waals surface area contributed by atoms with Gasteiger partial charge in [0.15, 0.2) is 6.17 Å². The number of anilines is 1. The summed E-state index contributed by atoms with van der Waals surface area (Å²) >= 11 is 1.52. The van der Waals surface area contributed by atoms with Gasteiger partial charge < -0.3 is 10.1 Å². The zero-order chi connectivity index (χ0) is 11.1. The molecule has 0 spiro atoms. The zero-order valence-electron chi connectivity index (χ0n) is 8.25. The first-order valence-corrected chi connectivity index (χ1v) is 5.37. The van der Waals surface area contributed by atoms with Gasteiger partial charge in [0.2, 0.25) is 5.95 Å².